The smallest absolute Gasteiger partial charge is 0.253 e. The largest absolute Gasteiger partial charge is 0.496 e. The van der Waals surface area contributed by atoms with E-state index in [2.05, 4.69) is 6.92 Å². The number of benzene rings is 4. The summed E-state index contributed by atoms with van der Waals surface area (Å²) in [5.41, 5.74) is 6.18. The molecule has 4 aromatic carbocycles. The molecule has 0 spiro atoms. The molecule has 49 heavy (non-hydrogen) atoms. The van der Waals surface area contributed by atoms with E-state index in [-0.39, 0.29) is 23.4 Å². The van der Waals surface area contributed by atoms with Crippen LogP contribution in [0.15, 0.2) is 97.1 Å². The lowest BCUT2D eigenvalue weighted by Crippen LogP contribution is -2.21. The number of amides is 2. The fourth-order valence-electron chi connectivity index (χ4n) is 4.71. The molecule has 0 unspecified atom stereocenters. The first-order valence-electron chi connectivity index (χ1n) is 15.8. The van der Waals surface area contributed by atoms with Crippen LogP contribution < -0.4 is 9.47 Å². The molecular weight excluding hydrogens is 616 g/mol. The summed E-state index contributed by atoms with van der Waals surface area (Å²) >= 11 is 0. The molecule has 0 fully saturated rings. The van der Waals surface area contributed by atoms with Crippen LogP contribution in [0.5, 0.6) is 11.5 Å². The minimum Gasteiger partial charge on any atom is -0.496 e. The molecule has 4 rings (SSSR count). The highest BCUT2D eigenvalue weighted by Gasteiger charge is 2.11. The normalized spacial score (nSPS) is 10.7. The van der Waals surface area contributed by atoms with E-state index in [0.717, 1.165) is 34.6 Å². The third-order valence-electron chi connectivity index (χ3n) is 7.56. The lowest BCUT2D eigenvalue weighted by atomic mass is 10.0. The summed E-state index contributed by atoms with van der Waals surface area (Å²) < 4.78 is 10.6. The van der Waals surface area contributed by atoms with Crippen LogP contribution >= 0.6 is 0 Å². The van der Waals surface area contributed by atoms with Crippen molar-refractivity contribution in [3.63, 3.8) is 0 Å². The summed E-state index contributed by atoms with van der Waals surface area (Å²) in [6.07, 6.45) is 7.46. The number of ketones is 2. The monoisotopic (exact) mass is 660 g/mol. The Hall–Kier alpha value is -5.76. The predicted octanol–water partition coefficient (Wildman–Crippen LogP) is 7.46. The Bertz CT molecular complexity index is 1840. The summed E-state index contributed by atoms with van der Waals surface area (Å²) in [6, 6.07) is 25.1. The van der Waals surface area contributed by atoms with Gasteiger partial charge in [-0.15, -0.1) is 0 Å². The van der Waals surface area contributed by atoms with E-state index in [0.29, 0.717) is 22.3 Å². The van der Waals surface area contributed by atoms with Crippen LogP contribution in [0.25, 0.3) is 12.2 Å². The minimum atomic E-state index is -0.123. The molecule has 0 aliphatic rings. The maximum Gasteiger partial charge on any atom is 0.253 e. The first-order chi connectivity index (χ1) is 23.4. The van der Waals surface area contributed by atoms with E-state index in [1.165, 1.54) is 27.5 Å². The number of ether oxygens (including phenoxy) is 2. The van der Waals surface area contributed by atoms with E-state index in [9.17, 15) is 19.2 Å². The summed E-state index contributed by atoms with van der Waals surface area (Å²) in [4.78, 5) is 51.4. The molecule has 8 nitrogen and oxygen atoms in total. The number of rotatable bonds is 11. The van der Waals surface area contributed by atoms with Gasteiger partial charge >= 0.3 is 0 Å². The van der Waals surface area contributed by atoms with Gasteiger partial charge in [0.15, 0.2) is 11.6 Å². The number of nitrogens with zero attached hydrogens (tertiary/aromatic N) is 2. The molecule has 0 saturated carbocycles. The van der Waals surface area contributed by atoms with Crippen molar-refractivity contribution in [3.05, 3.63) is 142 Å². The quantitative estimate of drug-likeness (QED) is 0.123. The number of carbonyl (C=O) groups excluding carboxylic acids is 4. The van der Waals surface area contributed by atoms with Crippen LogP contribution in [0.3, 0.4) is 0 Å². The molecule has 0 aromatic heterocycles. The van der Waals surface area contributed by atoms with Gasteiger partial charge in [0, 0.05) is 61.6 Å². The third-order valence-corrected chi connectivity index (χ3v) is 7.56. The highest BCUT2D eigenvalue weighted by atomic mass is 16.5. The zero-order valence-electron chi connectivity index (χ0n) is 29.4. The maximum atomic E-state index is 12.4. The zero-order valence-corrected chi connectivity index (χ0v) is 29.4. The summed E-state index contributed by atoms with van der Waals surface area (Å²) in [5, 5.41) is 0. The van der Waals surface area contributed by atoms with Gasteiger partial charge in [-0.05, 0) is 91.7 Å². The van der Waals surface area contributed by atoms with Crippen LogP contribution in [-0.2, 0) is 6.42 Å². The van der Waals surface area contributed by atoms with Gasteiger partial charge in [0.2, 0.25) is 0 Å². The fraction of sp³-hybridized carbons (Fsp3) is 0.220. The molecule has 0 atom stereocenters. The standard InChI is InChI=1S/C21H23NO3.C20H21NO3/c1-5-15-6-13-20(25-4)18(14-15)11-12-19(23)16-7-9-17(10-8-16)21(24)22(2)3;1-14-5-12-19(24-4)17(13-14)10-11-18(22)15-6-8-16(9-7-15)20(23)21(2)3/h6-14H,5H2,1-4H3;5-13H,1-4H3. The van der Waals surface area contributed by atoms with Crippen LogP contribution in [-0.4, -0.2) is 75.6 Å². The topological polar surface area (TPSA) is 93.2 Å². The molecule has 2 amide bonds. The average molecular weight is 661 g/mol. The maximum absolute atomic E-state index is 12.4. The number of aryl methyl sites for hydroxylation is 2. The van der Waals surface area contributed by atoms with Gasteiger partial charge in [0.1, 0.15) is 11.5 Å². The number of hydrogen-bond donors (Lipinski definition) is 0. The molecule has 0 aliphatic heterocycles. The number of allylic oxidation sites excluding steroid dienone is 2. The van der Waals surface area contributed by atoms with Gasteiger partial charge in [-0.2, -0.15) is 0 Å². The number of methoxy groups -OCH3 is 2. The summed E-state index contributed by atoms with van der Waals surface area (Å²) in [6.45, 7) is 4.07. The van der Waals surface area contributed by atoms with Crippen molar-refractivity contribution in [2.75, 3.05) is 42.4 Å². The highest BCUT2D eigenvalue weighted by molar-refractivity contribution is 6.08. The lowest BCUT2D eigenvalue weighted by Gasteiger charge is -2.10. The summed E-state index contributed by atoms with van der Waals surface area (Å²) in [7, 11) is 9.99. The Morgan fingerprint density at radius 1 is 0.571 bits per heavy atom. The Balaban J connectivity index is 0.000000266. The average Bonchev–Trinajstić information content (AvgIpc) is 3.12. The second-order valence-electron chi connectivity index (χ2n) is 11.6. The Morgan fingerprint density at radius 3 is 1.35 bits per heavy atom. The fourth-order valence-corrected chi connectivity index (χ4v) is 4.71. The van der Waals surface area contributed by atoms with E-state index in [1.54, 1.807) is 103 Å². The van der Waals surface area contributed by atoms with Gasteiger partial charge in [-0.25, -0.2) is 0 Å². The SMILES string of the molecule is CCc1ccc(OC)c(C=CC(=O)c2ccc(C(=O)N(C)C)cc2)c1.COc1ccc(C)cc1C=CC(=O)c1ccc(C(=O)N(C)C)cc1. The van der Waals surface area contributed by atoms with Crippen molar-refractivity contribution < 1.29 is 28.7 Å². The predicted molar refractivity (Wildman–Crippen MR) is 196 cm³/mol. The van der Waals surface area contributed by atoms with Crippen molar-refractivity contribution in [1.29, 1.82) is 0 Å². The number of carbonyl (C=O) groups is 4. The molecule has 0 saturated heterocycles. The second kappa shape index (κ2) is 18.0. The van der Waals surface area contributed by atoms with Crippen LogP contribution in [0.2, 0.25) is 0 Å². The lowest BCUT2D eigenvalue weighted by molar-refractivity contribution is 0.0820. The molecule has 254 valence electrons. The summed E-state index contributed by atoms with van der Waals surface area (Å²) in [5.74, 6) is 1.03. The van der Waals surface area contributed by atoms with Gasteiger partial charge in [-0.3, -0.25) is 19.2 Å². The first kappa shape index (κ1) is 37.7. The molecule has 0 heterocycles. The number of hydrogen-bond acceptors (Lipinski definition) is 6. The van der Waals surface area contributed by atoms with Crippen LogP contribution in [0.4, 0.5) is 0 Å². The van der Waals surface area contributed by atoms with E-state index < -0.39 is 0 Å². The van der Waals surface area contributed by atoms with E-state index >= 15 is 0 Å². The molecule has 0 aliphatic carbocycles. The Morgan fingerprint density at radius 2 is 0.959 bits per heavy atom. The molecule has 8 heteroatoms. The van der Waals surface area contributed by atoms with E-state index in [1.807, 2.05) is 43.3 Å². The first-order valence-corrected chi connectivity index (χ1v) is 15.8. The second-order valence-corrected chi connectivity index (χ2v) is 11.6. The van der Waals surface area contributed by atoms with Crippen molar-refractivity contribution >= 4 is 35.5 Å². The molecular formula is C41H44N2O6. The van der Waals surface area contributed by atoms with Gasteiger partial charge in [0.05, 0.1) is 14.2 Å². The molecule has 0 bridgehead atoms. The van der Waals surface area contributed by atoms with Gasteiger partial charge < -0.3 is 19.3 Å². The third kappa shape index (κ3) is 10.6. The Labute approximate surface area is 289 Å². The molecule has 4 aromatic rings. The Kier molecular flexibility index (Phi) is 13.8. The zero-order chi connectivity index (χ0) is 36.1. The van der Waals surface area contributed by atoms with Gasteiger partial charge in [-0.1, -0.05) is 48.9 Å². The van der Waals surface area contributed by atoms with Crippen LogP contribution in [0, 0.1) is 6.92 Å². The van der Waals surface area contributed by atoms with Crippen molar-refractivity contribution in [2.24, 2.45) is 0 Å². The van der Waals surface area contributed by atoms with Gasteiger partial charge in [0.25, 0.3) is 11.8 Å². The minimum absolute atomic E-state index is 0.0874. The van der Waals surface area contributed by atoms with E-state index in [4.69, 9.17) is 9.47 Å². The highest BCUT2D eigenvalue weighted by Crippen LogP contribution is 2.23. The van der Waals surface area contributed by atoms with Crippen molar-refractivity contribution in [1.82, 2.24) is 9.80 Å². The van der Waals surface area contributed by atoms with Crippen molar-refractivity contribution in [3.8, 4) is 11.5 Å². The molecule has 0 N–H and O–H groups in total. The molecule has 0 radical (unpaired) electrons. The van der Waals surface area contributed by atoms with Crippen molar-refractivity contribution in [2.45, 2.75) is 20.3 Å². The van der Waals surface area contributed by atoms with Crippen LogP contribution in [0.1, 0.15) is 70.6 Å².